The third-order valence-corrected chi connectivity index (χ3v) is 4.17. The van der Waals surface area contributed by atoms with Gasteiger partial charge in [-0.05, 0) is 24.6 Å². The maximum absolute atomic E-state index is 12.1. The van der Waals surface area contributed by atoms with Crippen molar-refractivity contribution in [2.24, 2.45) is 5.92 Å². The van der Waals surface area contributed by atoms with Gasteiger partial charge in [-0.2, -0.15) is 0 Å². The molecule has 5 N–H and O–H groups in total. The van der Waals surface area contributed by atoms with E-state index in [1.165, 1.54) is 14.0 Å². The van der Waals surface area contributed by atoms with Crippen LogP contribution in [0, 0.1) is 11.3 Å². The van der Waals surface area contributed by atoms with Gasteiger partial charge in [0.25, 0.3) is 5.91 Å². The highest BCUT2D eigenvalue weighted by Crippen LogP contribution is 2.22. The molecule has 0 radical (unpaired) electrons. The van der Waals surface area contributed by atoms with Gasteiger partial charge in [0.15, 0.2) is 11.5 Å². The number of carbonyl (C=O) groups excluding carboxylic acids is 3. The predicted octanol–water partition coefficient (Wildman–Crippen LogP) is -0.367. The number of anilines is 1. The highest BCUT2D eigenvalue weighted by molar-refractivity contribution is 6.64. The van der Waals surface area contributed by atoms with Crippen LogP contribution in [0.3, 0.4) is 0 Å². The van der Waals surface area contributed by atoms with E-state index in [1.807, 2.05) is 0 Å². The largest absolute Gasteiger partial charge is 0.399 e. The van der Waals surface area contributed by atoms with Crippen molar-refractivity contribution >= 4 is 29.0 Å². The van der Waals surface area contributed by atoms with Gasteiger partial charge in [0, 0.05) is 19.2 Å². The number of hydrogen-bond donors (Lipinski definition) is 4. The zero-order chi connectivity index (χ0) is 19.4. The number of Topliss-reactive ketones (excluding diaryl/α,β-unsaturated/α-hetero) is 1. The van der Waals surface area contributed by atoms with E-state index in [9.17, 15) is 19.5 Å². The number of amides is 2. The molecule has 1 heterocycles. The molecule has 1 aromatic carbocycles. The number of nitrogens with one attached hydrogen (secondary N) is 2. The molecular weight excluding hydrogens is 340 g/mol. The van der Waals surface area contributed by atoms with E-state index in [0.717, 1.165) is 10.6 Å². The summed E-state index contributed by atoms with van der Waals surface area (Å²) in [6, 6.07) is 6.28. The van der Waals surface area contributed by atoms with Gasteiger partial charge in [-0.25, -0.2) is 5.06 Å². The van der Waals surface area contributed by atoms with Crippen LogP contribution >= 0.6 is 0 Å². The quantitative estimate of drug-likeness (QED) is 0.163. The highest BCUT2D eigenvalue weighted by Gasteiger charge is 2.44. The first-order chi connectivity index (χ1) is 12.2. The number of ketones is 1. The molecule has 1 aromatic rings. The molecule has 0 spiro atoms. The molecule has 0 bridgehead atoms. The molecule has 1 fully saturated rings. The molecule has 2 rings (SSSR count). The Morgan fingerprint density at radius 3 is 2.54 bits per heavy atom. The van der Waals surface area contributed by atoms with Crippen molar-refractivity contribution in [3.8, 4) is 0 Å². The molecule has 2 amide bonds. The van der Waals surface area contributed by atoms with Gasteiger partial charge in [-0.15, -0.1) is 0 Å². The van der Waals surface area contributed by atoms with E-state index in [1.54, 1.807) is 24.3 Å². The fraction of sp³-hybridized carbons (Fsp3) is 0.412. The first-order valence-electron chi connectivity index (χ1n) is 8.06. The molecule has 0 saturated carbocycles. The van der Waals surface area contributed by atoms with Crippen LogP contribution in [-0.2, 0) is 25.8 Å². The molecule has 1 aliphatic heterocycles. The average Bonchev–Trinajstić information content (AvgIpc) is 2.58. The summed E-state index contributed by atoms with van der Waals surface area (Å²) in [4.78, 5) is 40.9. The van der Waals surface area contributed by atoms with Crippen LogP contribution in [0.1, 0.15) is 18.9 Å². The van der Waals surface area contributed by atoms with Gasteiger partial charge in [-0.3, -0.25) is 24.6 Å². The molecular formula is C17H22N4O5. The van der Waals surface area contributed by atoms with Crippen molar-refractivity contribution in [1.29, 1.82) is 5.41 Å². The molecule has 140 valence electrons. The van der Waals surface area contributed by atoms with Gasteiger partial charge in [-0.1, -0.05) is 12.1 Å². The number of hydrogen-bond acceptors (Lipinski definition) is 7. The number of carbonyl (C=O) groups is 3. The Morgan fingerprint density at radius 2 is 2.00 bits per heavy atom. The van der Waals surface area contributed by atoms with E-state index in [0.29, 0.717) is 5.69 Å². The molecule has 1 aliphatic rings. The molecule has 0 aliphatic carbocycles. The number of nitrogen functional groups attached to an aromatic ring is 1. The van der Waals surface area contributed by atoms with Crippen LogP contribution in [0.2, 0.25) is 0 Å². The molecule has 9 nitrogen and oxygen atoms in total. The fourth-order valence-electron chi connectivity index (χ4n) is 2.61. The van der Waals surface area contributed by atoms with Crippen molar-refractivity contribution in [2.75, 3.05) is 12.8 Å². The summed E-state index contributed by atoms with van der Waals surface area (Å²) in [6.07, 6.45) is -1.13. The molecule has 9 heteroatoms. The maximum Gasteiger partial charge on any atom is 0.298 e. The van der Waals surface area contributed by atoms with Gasteiger partial charge >= 0.3 is 0 Å². The highest BCUT2D eigenvalue weighted by atomic mass is 16.7. The lowest BCUT2D eigenvalue weighted by molar-refractivity contribution is -0.175. The lowest BCUT2D eigenvalue weighted by Crippen LogP contribution is -2.62. The Hall–Kier alpha value is -2.78. The summed E-state index contributed by atoms with van der Waals surface area (Å²) >= 11 is 0. The van der Waals surface area contributed by atoms with Crippen LogP contribution in [0.4, 0.5) is 5.69 Å². The first kappa shape index (κ1) is 19.5. The van der Waals surface area contributed by atoms with Crippen molar-refractivity contribution in [3.05, 3.63) is 29.8 Å². The number of aliphatic hydroxyl groups excluding tert-OH is 1. The van der Waals surface area contributed by atoms with Crippen LogP contribution in [0.25, 0.3) is 0 Å². The molecule has 3 atom stereocenters. The number of aliphatic hydroxyl groups is 1. The van der Waals surface area contributed by atoms with E-state index in [2.05, 4.69) is 5.32 Å². The summed E-state index contributed by atoms with van der Waals surface area (Å²) in [6.45, 7) is 1.53. The SMILES string of the molecule is C[C@@H](O)[C@H]1C(=O)N[C@@H]1CC(=O)C(=N)C(=O)N(C)OCc1ccc(N)cc1. The topological polar surface area (TPSA) is 146 Å². The number of β-lactam (4-membered cyclic amide) rings is 1. The smallest absolute Gasteiger partial charge is 0.298 e. The second-order valence-corrected chi connectivity index (χ2v) is 6.20. The lowest BCUT2D eigenvalue weighted by Gasteiger charge is -2.38. The van der Waals surface area contributed by atoms with Gasteiger partial charge in [0.05, 0.1) is 18.1 Å². The number of rotatable bonds is 8. The Bertz CT molecular complexity index is 716. The van der Waals surface area contributed by atoms with Gasteiger partial charge < -0.3 is 16.2 Å². The van der Waals surface area contributed by atoms with Crippen molar-refractivity contribution in [2.45, 2.75) is 32.1 Å². The maximum atomic E-state index is 12.1. The third-order valence-electron chi connectivity index (χ3n) is 4.17. The van der Waals surface area contributed by atoms with E-state index < -0.39 is 35.5 Å². The van der Waals surface area contributed by atoms with Crippen molar-refractivity contribution < 1.29 is 24.3 Å². The summed E-state index contributed by atoms with van der Waals surface area (Å²) in [5.74, 6) is -2.67. The van der Waals surface area contributed by atoms with E-state index >= 15 is 0 Å². The van der Waals surface area contributed by atoms with Crippen LogP contribution in [-0.4, -0.2) is 52.7 Å². The first-order valence-corrected chi connectivity index (χ1v) is 8.06. The second-order valence-electron chi connectivity index (χ2n) is 6.20. The number of nitrogens with two attached hydrogens (primary N) is 1. The van der Waals surface area contributed by atoms with Crippen LogP contribution < -0.4 is 11.1 Å². The lowest BCUT2D eigenvalue weighted by atomic mass is 9.82. The van der Waals surface area contributed by atoms with Crippen molar-refractivity contribution in [1.82, 2.24) is 10.4 Å². The summed E-state index contributed by atoms with van der Waals surface area (Å²) in [5, 5.41) is 20.6. The Kier molecular flexibility index (Phi) is 6.06. The monoisotopic (exact) mass is 362 g/mol. The van der Waals surface area contributed by atoms with Gasteiger partial charge in [0.2, 0.25) is 5.91 Å². The minimum atomic E-state index is -0.905. The minimum absolute atomic E-state index is 0.0762. The number of nitrogens with zero attached hydrogens (tertiary/aromatic N) is 1. The summed E-state index contributed by atoms with van der Waals surface area (Å²) < 4.78 is 0. The zero-order valence-corrected chi connectivity index (χ0v) is 14.6. The Balaban J connectivity index is 1.85. The van der Waals surface area contributed by atoms with Crippen LogP contribution in [0.5, 0.6) is 0 Å². The standard InChI is InChI=1S/C17H22N4O5/c1-9(22)14-12(20-16(14)24)7-13(23)15(19)17(25)21(2)26-8-10-3-5-11(18)6-4-10/h3-6,9,12,14,19,22H,7-8,18H2,1-2H3,(H,20,24)/t9-,12-,14-/m1/s1. The number of hydroxylamine groups is 2. The zero-order valence-electron chi connectivity index (χ0n) is 14.6. The molecule has 0 unspecified atom stereocenters. The van der Waals surface area contributed by atoms with E-state index in [-0.39, 0.29) is 18.9 Å². The average molecular weight is 362 g/mol. The Labute approximate surface area is 150 Å². The molecule has 0 aromatic heterocycles. The second kappa shape index (κ2) is 8.07. The van der Waals surface area contributed by atoms with Crippen molar-refractivity contribution in [3.63, 3.8) is 0 Å². The summed E-state index contributed by atoms with van der Waals surface area (Å²) in [7, 11) is 1.31. The van der Waals surface area contributed by atoms with Gasteiger partial charge in [0.1, 0.15) is 6.61 Å². The fourth-order valence-corrected chi connectivity index (χ4v) is 2.61. The normalized spacial score (nSPS) is 19.9. The molecule has 1 saturated heterocycles. The van der Waals surface area contributed by atoms with Crippen LogP contribution in [0.15, 0.2) is 24.3 Å². The third kappa shape index (κ3) is 4.44. The molecule has 26 heavy (non-hydrogen) atoms. The predicted molar refractivity (Wildman–Crippen MR) is 92.9 cm³/mol. The summed E-state index contributed by atoms with van der Waals surface area (Å²) in [5.41, 5.74) is 6.22. The minimum Gasteiger partial charge on any atom is -0.399 e. The Morgan fingerprint density at radius 1 is 1.38 bits per heavy atom. The van der Waals surface area contributed by atoms with E-state index in [4.69, 9.17) is 16.0 Å². The number of benzene rings is 1.